The van der Waals surface area contributed by atoms with Gasteiger partial charge in [-0.25, -0.2) is 0 Å². The molecule has 0 aromatic carbocycles. The van der Waals surface area contributed by atoms with Crippen LogP contribution in [0, 0.1) is 0 Å². The highest BCUT2D eigenvalue weighted by Crippen LogP contribution is 2.19. The molecule has 0 aliphatic carbocycles. The van der Waals surface area contributed by atoms with Gasteiger partial charge < -0.3 is 10.1 Å². The van der Waals surface area contributed by atoms with Gasteiger partial charge in [0.25, 0.3) is 0 Å². The number of nitrogens with zero attached hydrogens (tertiary/aromatic N) is 1. The van der Waals surface area contributed by atoms with Crippen LogP contribution in [0.4, 0.5) is 0 Å². The van der Waals surface area contributed by atoms with Gasteiger partial charge in [-0.3, -0.25) is 4.90 Å². The molecule has 2 heterocycles. The zero-order valence-electron chi connectivity index (χ0n) is 12.2. The largest absolute Gasteiger partial charge is 0.377 e. The van der Waals surface area contributed by atoms with Crippen LogP contribution in [-0.2, 0) is 17.8 Å². The summed E-state index contributed by atoms with van der Waals surface area (Å²) in [6.07, 6.45) is 4.10. The second-order valence-corrected chi connectivity index (χ2v) is 6.63. The molecule has 1 unspecified atom stereocenters. The lowest BCUT2D eigenvalue weighted by Gasteiger charge is -2.19. The molecule has 1 N–H and O–H groups in total. The molecule has 1 fully saturated rings. The molecule has 1 aromatic heterocycles. The number of hydrogen-bond donors (Lipinski definition) is 1. The molecule has 2 rings (SSSR count). The van der Waals surface area contributed by atoms with Gasteiger partial charge in [0.1, 0.15) is 0 Å². The molecule has 3 nitrogen and oxygen atoms in total. The molecule has 0 saturated carbocycles. The van der Waals surface area contributed by atoms with E-state index in [4.69, 9.17) is 4.74 Å². The average Bonchev–Trinajstić information content (AvgIpc) is 3.02. The van der Waals surface area contributed by atoms with Gasteiger partial charge >= 0.3 is 0 Å². The van der Waals surface area contributed by atoms with E-state index in [0.29, 0.717) is 6.10 Å². The van der Waals surface area contributed by atoms with E-state index in [9.17, 15) is 0 Å². The standard InChI is InChI=1S/C15H26N2OS/c1-3-8-16-10-14-6-7-15(19-14)12-17(2)11-13-5-4-9-18-13/h6-7,13,16H,3-5,8-12H2,1-2H3. The van der Waals surface area contributed by atoms with Gasteiger partial charge in [0.15, 0.2) is 0 Å². The van der Waals surface area contributed by atoms with E-state index in [1.165, 1.54) is 29.0 Å². The molecule has 0 radical (unpaired) electrons. The predicted molar refractivity (Wildman–Crippen MR) is 81.6 cm³/mol. The van der Waals surface area contributed by atoms with Crippen molar-refractivity contribution in [1.82, 2.24) is 10.2 Å². The second-order valence-electron chi connectivity index (χ2n) is 5.38. The van der Waals surface area contributed by atoms with Crippen molar-refractivity contribution in [3.63, 3.8) is 0 Å². The van der Waals surface area contributed by atoms with E-state index in [1.54, 1.807) is 0 Å². The van der Waals surface area contributed by atoms with Gasteiger partial charge in [-0.15, -0.1) is 11.3 Å². The van der Waals surface area contributed by atoms with Crippen LogP contribution in [0.1, 0.15) is 35.9 Å². The number of thiophene rings is 1. The Balaban J connectivity index is 1.72. The van der Waals surface area contributed by atoms with Gasteiger partial charge in [0, 0.05) is 36.0 Å². The topological polar surface area (TPSA) is 24.5 Å². The predicted octanol–water partition coefficient (Wildman–Crippen LogP) is 2.86. The summed E-state index contributed by atoms with van der Waals surface area (Å²) < 4.78 is 5.68. The van der Waals surface area contributed by atoms with Crippen molar-refractivity contribution in [2.75, 3.05) is 26.7 Å². The third-order valence-corrected chi connectivity index (χ3v) is 4.48. The minimum Gasteiger partial charge on any atom is -0.377 e. The Kier molecular flexibility index (Phi) is 6.31. The Hall–Kier alpha value is -0.420. The van der Waals surface area contributed by atoms with Gasteiger partial charge in [-0.05, 0) is 45.0 Å². The summed E-state index contributed by atoms with van der Waals surface area (Å²) in [7, 11) is 2.19. The zero-order chi connectivity index (χ0) is 13.5. The van der Waals surface area contributed by atoms with Gasteiger partial charge in [-0.1, -0.05) is 6.92 Å². The van der Waals surface area contributed by atoms with Crippen LogP contribution in [0.3, 0.4) is 0 Å². The van der Waals surface area contributed by atoms with E-state index in [2.05, 4.69) is 36.3 Å². The monoisotopic (exact) mass is 282 g/mol. The van der Waals surface area contributed by atoms with Crippen LogP contribution in [0.2, 0.25) is 0 Å². The van der Waals surface area contributed by atoms with Crippen molar-refractivity contribution >= 4 is 11.3 Å². The van der Waals surface area contributed by atoms with Crippen LogP contribution in [-0.4, -0.2) is 37.7 Å². The normalized spacial score (nSPS) is 19.4. The molecule has 1 aromatic rings. The lowest BCUT2D eigenvalue weighted by Crippen LogP contribution is -2.27. The number of nitrogens with one attached hydrogen (secondary N) is 1. The molecule has 0 spiro atoms. The van der Waals surface area contributed by atoms with E-state index >= 15 is 0 Å². The van der Waals surface area contributed by atoms with Crippen molar-refractivity contribution in [1.29, 1.82) is 0 Å². The van der Waals surface area contributed by atoms with E-state index in [0.717, 1.165) is 32.8 Å². The Morgan fingerprint density at radius 1 is 1.42 bits per heavy atom. The Labute approximate surface area is 121 Å². The third kappa shape index (κ3) is 5.22. The van der Waals surface area contributed by atoms with Crippen LogP contribution < -0.4 is 5.32 Å². The van der Waals surface area contributed by atoms with E-state index < -0.39 is 0 Å². The molecule has 4 heteroatoms. The summed E-state index contributed by atoms with van der Waals surface area (Å²) in [5.74, 6) is 0. The maximum absolute atomic E-state index is 5.68. The number of ether oxygens (including phenoxy) is 1. The fraction of sp³-hybridized carbons (Fsp3) is 0.733. The molecule has 1 aliphatic rings. The molecule has 0 bridgehead atoms. The Bertz CT molecular complexity index is 361. The summed E-state index contributed by atoms with van der Waals surface area (Å²) in [6.45, 7) is 7.36. The van der Waals surface area contributed by atoms with Crippen LogP contribution >= 0.6 is 11.3 Å². The first-order valence-electron chi connectivity index (χ1n) is 7.36. The highest BCUT2D eigenvalue weighted by molar-refractivity contribution is 7.11. The first-order chi connectivity index (χ1) is 9.28. The van der Waals surface area contributed by atoms with Crippen molar-refractivity contribution in [3.8, 4) is 0 Å². The quantitative estimate of drug-likeness (QED) is 0.742. The molecule has 1 atom stereocenters. The maximum atomic E-state index is 5.68. The second kappa shape index (κ2) is 8.00. The average molecular weight is 282 g/mol. The summed E-state index contributed by atoms with van der Waals surface area (Å²) in [4.78, 5) is 5.27. The number of rotatable bonds is 8. The number of hydrogen-bond acceptors (Lipinski definition) is 4. The van der Waals surface area contributed by atoms with Crippen LogP contribution in [0.25, 0.3) is 0 Å². The highest BCUT2D eigenvalue weighted by atomic mass is 32.1. The SMILES string of the molecule is CCCNCc1ccc(CN(C)CC2CCCO2)s1. The Morgan fingerprint density at radius 3 is 3.00 bits per heavy atom. The van der Waals surface area contributed by atoms with E-state index in [1.807, 2.05) is 11.3 Å². The van der Waals surface area contributed by atoms with Crippen molar-refractivity contribution in [2.45, 2.75) is 45.4 Å². The van der Waals surface area contributed by atoms with Crippen molar-refractivity contribution in [3.05, 3.63) is 21.9 Å². The first kappa shape index (κ1) is 15.0. The molecule has 1 aliphatic heterocycles. The van der Waals surface area contributed by atoms with Crippen molar-refractivity contribution in [2.24, 2.45) is 0 Å². The lowest BCUT2D eigenvalue weighted by molar-refractivity contribution is 0.0796. The summed E-state index contributed by atoms with van der Waals surface area (Å²) in [6, 6.07) is 4.52. The minimum absolute atomic E-state index is 0.454. The third-order valence-electron chi connectivity index (χ3n) is 3.41. The first-order valence-corrected chi connectivity index (χ1v) is 8.18. The molecule has 0 amide bonds. The Morgan fingerprint density at radius 2 is 2.26 bits per heavy atom. The van der Waals surface area contributed by atoms with E-state index in [-0.39, 0.29) is 0 Å². The molecule has 1 saturated heterocycles. The molecular formula is C15H26N2OS. The van der Waals surface area contributed by atoms with Gasteiger partial charge in [0.05, 0.1) is 6.10 Å². The fourth-order valence-corrected chi connectivity index (χ4v) is 3.53. The smallest absolute Gasteiger partial charge is 0.0702 e. The molecule has 108 valence electrons. The van der Waals surface area contributed by atoms with Crippen LogP contribution in [0.5, 0.6) is 0 Å². The summed E-state index contributed by atoms with van der Waals surface area (Å²) in [5, 5.41) is 3.45. The number of likely N-dealkylation sites (N-methyl/N-ethyl adjacent to an activating group) is 1. The lowest BCUT2D eigenvalue weighted by atomic mass is 10.2. The summed E-state index contributed by atoms with van der Waals surface area (Å²) >= 11 is 1.92. The minimum atomic E-state index is 0.454. The molecular weight excluding hydrogens is 256 g/mol. The maximum Gasteiger partial charge on any atom is 0.0702 e. The molecule has 19 heavy (non-hydrogen) atoms. The zero-order valence-corrected chi connectivity index (χ0v) is 13.0. The van der Waals surface area contributed by atoms with Crippen LogP contribution in [0.15, 0.2) is 12.1 Å². The summed E-state index contributed by atoms with van der Waals surface area (Å²) in [5.41, 5.74) is 0. The fourth-order valence-electron chi connectivity index (χ4n) is 2.46. The van der Waals surface area contributed by atoms with Gasteiger partial charge in [-0.2, -0.15) is 0 Å². The van der Waals surface area contributed by atoms with Gasteiger partial charge in [0.2, 0.25) is 0 Å². The van der Waals surface area contributed by atoms with Crippen molar-refractivity contribution < 1.29 is 4.74 Å². The highest BCUT2D eigenvalue weighted by Gasteiger charge is 2.17.